The number of nitriles is 1. The summed E-state index contributed by atoms with van der Waals surface area (Å²) in [7, 11) is 0. The van der Waals surface area contributed by atoms with Gasteiger partial charge in [0.25, 0.3) is 11.8 Å². The van der Waals surface area contributed by atoms with Gasteiger partial charge in [0.05, 0.1) is 11.3 Å². The van der Waals surface area contributed by atoms with Crippen molar-refractivity contribution in [3.8, 4) is 17.5 Å². The van der Waals surface area contributed by atoms with Crippen LogP contribution in [0.4, 0.5) is 5.69 Å². The van der Waals surface area contributed by atoms with Gasteiger partial charge in [-0.05, 0) is 49.4 Å². The van der Waals surface area contributed by atoms with E-state index in [0.29, 0.717) is 22.7 Å². The van der Waals surface area contributed by atoms with Crippen LogP contribution in [-0.2, 0) is 4.79 Å². The van der Waals surface area contributed by atoms with E-state index in [1.807, 2.05) is 6.07 Å². The van der Waals surface area contributed by atoms with Crippen molar-refractivity contribution < 1.29 is 14.3 Å². The number of hydrogen-bond donors (Lipinski definition) is 2. The largest absolute Gasteiger partial charge is 0.480 e. The second-order valence-corrected chi connectivity index (χ2v) is 5.91. The van der Waals surface area contributed by atoms with Crippen LogP contribution in [0.2, 0.25) is 0 Å². The molecule has 28 heavy (non-hydrogen) atoms. The zero-order chi connectivity index (χ0) is 20.1. The molecule has 1 heterocycles. The van der Waals surface area contributed by atoms with Gasteiger partial charge in [0.1, 0.15) is 17.5 Å². The molecule has 3 N–H and O–H groups in total. The number of amides is 2. The maximum Gasteiger partial charge on any atom is 0.269 e. The van der Waals surface area contributed by atoms with E-state index < -0.39 is 12.0 Å². The molecule has 0 spiro atoms. The molecule has 140 valence electrons. The Kier molecular flexibility index (Phi) is 5.37. The van der Waals surface area contributed by atoms with Crippen LogP contribution in [0.15, 0.2) is 60.8 Å². The first-order chi connectivity index (χ1) is 13.5. The lowest BCUT2D eigenvalue weighted by Gasteiger charge is -2.15. The average Bonchev–Trinajstić information content (AvgIpc) is 3.19. The lowest BCUT2D eigenvalue weighted by atomic mass is 10.2. The molecular weight excluding hydrogens is 358 g/mol. The molecule has 1 unspecified atom stereocenters. The summed E-state index contributed by atoms with van der Waals surface area (Å²) in [4.78, 5) is 23.5. The maximum absolute atomic E-state index is 12.4. The van der Waals surface area contributed by atoms with Crippen LogP contribution < -0.4 is 15.8 Å². The number of nitrogens with zero attached hydrogens (tertiary/aromatic N) is 3. The fourth-order valence-electron chi connectivity index (χ4n) is 2.45. The van der Waals surface area contributed by atoms with Crippen molar-refractivity contribution in [1.29, 1.82) is 5.26 Å². The Morgan fingerprint density at radius 1 is 1.18 bits per heavy atom. The van der Waals surface area contributed by atoms with E-state index in [1.165, 1.54) is 10.7 Å². The second-order valence-electron chi connectivity index (χ2n) is 5.91. The lowest BCUT2D eigenvalue weighted by Crippen LogP contribution is -2.30. The summed E-state index contributed by atoms with van der Waals surface area (Å²) in [6, 6.07) is 17.2. The van der Waals surface area contributed by atoms with Gasteiger partial charge in [-0.25, -0.2) is 4.68 Å². The van der Waals surface area contributed by atoms with E-state index in [1.54, 1.807) is 61.7 Å². The summed E-state index contributed by atoms with van der Waals surface area (Å²) in [5, 5.41) is 15.9. The molecule has 8 nitrogen and oxygen atoms in total. The molecule has 0 fully saturated rings. The zero-order valence-electron chi connectivity index (χ0n) is 15.0. The second kappa shape index (κ2) is 8.05. The first kappa shape index (κ1) is 18.7. The number of benzene rings is 2. The molecule has 2 aromatic carbocycles. The number of carbonyl (C=O) groups is 2. The predicted molar refractivity (Wildman–Crippen MR) is 102 cm³/mol. The number of anilines is 1. The summed E-state index contributed by atoms with van der Waals surface area (Å²) in [5.41, 5.74) is 7.00. The Labute approximate surface area is 161 Å². The molecule has 0 saturated heterocycles. The van der Waals surface area contributed by atoms with Crippen molar-refractivity contribution in [3.05, 3.63) is 72.1 Å². The highest BCUT2D eigenvalue weighted by molar-refractivity contribution is 5.94. The molecule has 0 saturated carbocycles. The van der Waals surface area contributed by atoms with Crippen molar-refractivity contribution in [2.45, 2.75) is 13.0 Å². The minimum absolute atomic E-state index is 0.168. The Morgan fingerprint density at radius 3 is 2.54 bits per heavy atom. The summed E-state index contributed by atoms with van der Waals surface area (Å²) in [5.74, 6) is -0.600. The highest BCUT2D eigenvalue weighted by Crippen LogP contribution is 2.19. The van der Waals surface area contributed by atoms with Gasteiger partial charge in [0.2, 0.25) is 0 Å². The number of carbonyl (C=O) groups excluding carboxylic acids is 2. The lowest BCUT2D eigenvalue weighted by molar-refractivity contribution is -0.122. The Hall–Kier alpha value is -4.12. The van der Waals surface area contributed by atoms with Crippen LogP contribution in [0, 0.1) is 11.3 Å². The highest BCUT2D eigenvalue weighted by atomic mass is 16.5. The van der Waals surface area contributed by atoms with Crippen LogP contribution in [0.25, 0.3) is 5.69 Å². The predicted octanol–water partition coefficient (Wildman–Crippen LogP) is 2.25. The Morgan fingerprint density at radius 2 is 1.89 bits per heavy atom. The van der Waals surface area contributed by atoms with Gasteiger partial charge in [-0.3, -0.25) is 9.59 Å². The first-order valence-electron chi connectivity index (χ1n) is 8.40. The molecule has 3 rings (SSSR count). The van der Waals surface area contributed by atoms with Gasteiger partial charge in [0, 0.05) is 11.9 Å². The van der Waals surface area contributed by atoms with E-state index >= 15 is 0 Å². The van der Waals surface area contributed by atoms with E-state index in [2.05, 4.69) is 10.4 Å². The van der Waals surface area contributed by atoms with Crippen LogP contribution >= 0.6 is 0 Å². The number of hydrogen-bond acceptors (Lipinski definition) is 5. The third-order valence-electron chi connectivity index (χ3n) is 3.92. The van der Waals surface area contributed by atoms with E-state index in [0.717, 1.165) is 0 Å². The van der Waals surface area contributed by atoms with Crippen LogP contribution in [0.1, 0.15) is 23.0 Å². The minimum Gasteiger partial charge on any atom is -0.480 e. The summed E-state index contributed by atoms with van der Waals surface area (Å²) in [6.45, 7) is 1.60. The van der Waals surface area contributed by atoms with Gasteiger partial charge in [-0.15, -0.1) is 0 Å². The molecule has 0 aliphatic heterocycles. The summed E-state index contributed by atoms with van der Waals surface area (Å²) < 4.78 is 7.11. The fourth-order valence-corrected chi connectivity index (χ4v) is 2.45. The number of nitrogens with one attached hydrogen (secondary N) is 1. The topological polar surface area (TPSA) is 123 Å². The molecule has 3 aromatic rings. The minimum atomic E-state index is -0.793. The first-order valence-corrected chi connectivity index (χ1v) is 8.40. The quantitative estimate of drug-likeness (QED) is 0.684. The smallest absolute Gasteiger partial charge is 0.269 e. The van der Waals surface area contributed by atoms with Crippen LogP contribution in [-0.4, -0.2) is 27.7 Å². The van der Waals surface area contributed by atoms with E-state index in [9.17, 15) is 9.59 Å². The molecular formula is C20H17N5O3. The van der Waals surface area contributed by atoms with Crippen molar-refractivity contribution in [2.75, 3.05) is 5.32 Å². The molecule has 0 aliphatic rings. The van der Waals surface area contributed by atoms with Crippen LogP contribution in [0.5, 0.6) is 5.75 Å². The third kappa shape index (κ3) is 4.16. The van der Waals surface area contributed by atoms with Crippen molar-refractivity contribution >= 4 is 17.5 Å². The molecule has 0 bridgehead atoms. The number of para-hydroxylation sites is 1. The fraction of sp³-hybridized carbons (Fsp3) is 0.100. The highest BCUT2D eigenvalue weighted by Gasteiger charge is 2.16. The SMILES string of the molecule is CC(Oc1ccccc1C#N)C(=O)Nc1ccc(-n2ccc(C(N)=O)n2)cc1. The van der Waals surface area contributed by atoms with Crippen molar-refractivity contribution in [1.82, 2.24) is 9.78 Å². The monoisotopic (exact) mass is 375 g/mol. The molecule has 0 aliphatic carbocycles. The van der Waals surface area contributed by atoms with Gasteiger partial charge < -0.3 is 15.8 Å². The van der Waals surface area contributed by atoms with Gasteiger partial charge in [0.15, 0.2) is 6.10 Å². The number of primary amides is 1. The molecule has 1 atom stereocenters. The molecule has 1 aromatic heterocycles. The third-order valence-corrected chi connectivity index (χ3v) is 3.92. The normalized spacial score (nSPS) is 11.3. The number of aromatic nitrogens is 2. The van der Waals surface area contributed by atoms with Crippen LogP contribution in [0.3, 0.4) is 0 Å². The molecule has 2 amide bonds. The standard InChI is InChI=1S/C20H17N5O3/c1-13(28-18-5-3-2-4-14(18)12-21)20(27)23-15-6-8-16(9-7-15)25-11-10-17(24-25)19(22)26/h2-11,13H,1H3,(H2,22,26)(H,23,27). The number of ether oxygens (including phenoxy) is 1. The van der Waals surface area contributed by atoms with Crippen molar-refractivity contribution in [3.63, 3.8) is 0 Å². The average molecular weight is 375 g/mol. The van der Waals surface area contributed by atoms with Gasteiger partial charge in [-0.1, -0.05) is 12.1 Å². The van der Waals surface area contributed by atoms with Crippen molar-refractivity contribution in [2.24, 2.45) is 5.73 Å². The Balaban J connectivity index is 1.65. The number of rotatable bonds is 6. The van der Waals surface area contributed by atoms with Gasteiger partial charge >= 0.3 is 0 Å². The summed E-state index contributed by atoms with van der Waals surface area (Å²) in [6.07, 6.45) is 0.828. The van der Waals surface area contributed by atoms with E-state index in [4.69, 9.17) is 15.7 Å². The zero-order valence-corrected chi connectivity index (χ0v) is 15.0. The summed E-state index contributed by atoms with van der Waals surface area (Å²) >= 11 is 0. The van der Waals surface area contributed by atoms with Gasteiger partial charge in [-0.2, -0.15) is 10.4 Å². The molecule has 0 radical (unpaired) electrons. The van der Waals surface area contributed by atoms with E-state index in [-0.39, 0.29) is 11.6 Å². The Bertz CT molecular complexity index is 1050. The number of nitrogens with two attached hydrogens (primary N) is 1. The maximum atomic E-state index is 12.4. The molecule has 8 heteroatoms.